The number of anilines is 2. The molecule has 0 radical (unpaired) electrons. The molecule has 1 aliphatic rings. The van der Waals surface area contributed by atoms with Crippen LogP contribution in [-0.4, -0.2) is 47.0 Å². The number of piperazine rings is 1. The number of carbonyl (C=O) groups is 1. The minimum atomic E-state index is -4.52. The van der Waals surface area contributed by atoms with Crippen LogP contribution in [0.15, 0.2) is 83.3 Å². The van der Waals surface area contributed by atoms with Crippen LogP contribution in [0, 0.1) is 0 Å². The number of nitrogens with zero attached hydrogens (tertiary/aromatic N) is 4. The first-order valence-electron chi connectivity index (χ1n) is 11.5. The monoisotopic (exact) mass is 541 g/mol. The Kier molecular flexibility index (Phi) is 7.33. The SMILES string of the molecule is O=C(c1ccc(C(F)(F)F)cc1NSc1cccnc1)N1CCN(c2nc(-c3ccccc3)cs2)CC1. The lowest BCUT2D eigenvalue weighted by atomic mass is 10.1. The molecule has 190 valence electrons. The average Bonchev–Trinajstić information content (AvgIpc) is 3.43. The van der Waals surface area contributed by atoms with Crippen molar-refractivity contribution in [3.05, 3.63) is 89.6 Å². The van der Waals surface area contributed by atoms with Crippen molar-refractivity contribution in [2.75, 3.05) is 35.8 Å². The molecule has 3 heterocycles. The van der Waals surface area contributed by atoms with Crippen molar-refractivity contribution in [3.63, 3.8) is 0 Å². The van der Waals surface area contributed by atoms with Crippen LogP contribution in [0.3, 0.4) is 0 Å². The van der Waals surface area contributed by atoms with Crippen molar-refractivity contribution in [1.29, 1.82) is 0 Å². The van der Waals surface area contributed by atoms with E-state index < -0.39 is 11.7 Å². The second-order valence-corrected chi connectivity index (χ2v) is 10.0. The zero-order valence-corrected chi connectivity index (χ0v) is 21.1. The molecule has 0 unspecified atom stereocenters. The van der Waals surface area contributed by atoms with Gasteiger partial charge >= 0.3 is 6.18 Å². The molecule has 4 aromatic rings. The lowest BCUT2D eigenvalue weighted by Crippen LogP contribution is -2.48. The third-order valence-corrected chi connectivity index (χ3v) is 7.59. The standard InChI is InChI=1S/C26H22F3N5OS2/c27-26(28,29)19-8-9-21(22(15-19)32-37-20-7-4-10-30-16-20)24(35)33-11-13-34(14-12-33)25-31-23(17-36-25)18-5-2-1-3-6-18/h1-10,15-17,32H,11-14H2. The summed E-state index contributed by atoms with van der Waals surface area (Å²) in [5.41, 5.74) is 1.44. The zero-order valence-electron chi connectivity index (χ0n) is 19.5. The fourth-order valence-electron chi connectivity index (χ4n) is 3.94. The van der Waals surface area contributed by atoms with Crippen molar-refractivity contribution < 1.29 is 18.0 Å². The van der Waals surface area contributed by atoms with Gasteiger partial charge in [0.15, 0.2) is 5.13 Å². The number of rotatable bonds is 6. The summed E-state index contributed by atoms with van der Waals surface area (Å²) in [7, 11) is 0. The van der Waals surface area contributed by atoms with E-state index in [0.717, 1.165) is 40.5 Å². The fourth-order valence-corrected chi connectivity index (χ4v) is 5.48. The number of benzene rings is 2. The number of halogens is 3. The summed E-state index contributed by atoms with van der Waals surface area (Å²) in [5.74, 6) is -0.313. The Morgan fingerprint density at radius 1 is 1.00 bits per heavy atom. The molecule has 5 rings (SSSR count). The summed E-state index contributed by atoms with van der Waals surface area (Å²) >= 11 is 2.66. The quantitative estimate of drug-likeness (QED) is 0.289. The fraction of sp³-hybridized carbons (Fsp3) is 0.192. The van der Waals surface area contributed by atoms with E-state index in [9.17, 15) is 18.0 Å². The first kappa shape index (κ1) is 25.1. The van der Waals surface area contributed by atoms with Crippen LogP contribution < -0.4 is 9.62 Å². The van der Waals surface area contributed by atoms with E-state index in [1.165, 1.54) is 6.07 Å². The van der Waals surface area contributed by atoms with Crippen molar-refractivity contribution in [2.24, 2.45) is 0 Å². The number of thiazole rings is 1. The Morgan fingerprint density at radius 2 is 1.78 bits per heavy atom. The summed E-state index contributed by atoms with van der Waals surface area (Å²) in [4.78, 5) is 26.7. The van der Waals surface area contributed by atoms with Gasteiger partial charge in [-0.25, -0.2) is 4.98 Å². The van der Waals surface area contributed by atoms with E-state index in [-0.39, 0.29) is 17.2 Å². The normalized spacial score (nSPS) is 14.0. The number of pyridine rings is 1. The van der Waals surface area contributed by atoms with Gasteiger partial charge in [-0.1, -0.05) is 30.3 Å². The van der Waals surface area contributed by atoms with Gasteiger partial charge in [-0.15, -0.1) is 11.3 Å². The Balaban J connectivity index is 1.29. The molecule has 1 fully saturated rings. The molecule has 6 nitrogen and oxygen atoms in total. The van der Waals surface area contributed by atoms with Crippen LogP contribution in [0.25, 0.3) is 11.3 Å². The zero-order chi connectivity index (χ0) is 25.8. The first-order valence-corrected chi connectivity index (χ1v) is 13.2. The van der Waals surface area contributed by atoms with Crippen molar-refractivity contribution in [3.8, 4) is 11.3 Å². The third kappa shape index (κ3) is 5.89. The summed E-state index contributed by atoms with van der Waals surface area (Å²) < 4.78 is 43.1. The van der Waals surface area contributed by atoms with E-state index in [1.807, 2.05) is 35.7 Å². The number of hydrogen-bond acceptors (Lipinski definition) is 7. The molecule has 1 aliphatic heterocycles. The van der Waals surface area contributed by atoms with Crippen molar-refractivity contribution in [1.82, 2.24) is 14.9 Å². The van der Waals surface area contributed by atoms with Crippen LogP contribution in [0.4, 0.5) is 24.0 Å². The molecule has 11 heteroatoms. The molecule has 2 aromatic carbocycles. The van der Waals surface area contributed by atoms with Crippen molar-refractivity contribution in [2.45, 2.75) is 11.1 Å². The van der Waals surface area contributed by atoms with Gasteiger partial charge in [0.1, 0.15) is 0 Å². The van der Waals surface area contributed by atoms with E-state index >= 15 is 0 Å². The maximum absolute atomic E-state index is 13.4. The van der Waals surface area contributed by atoms with Gasteiger partial charge in [-0.05, 0) is 42.3 Å². The second kappa shape index (κ2) is 10.8. The van der Waals surface area contributed by atoms with Crippen LogP contribution in [0.5, 0.6) is 0 Å². The summed E-state index contributed by atoms with van der Waals surface area (Å²) in [5, 5.41) is 2.90. The molecular weight excluding hydrogens is 519 g/mol. The molecule has 0 atom stereocenters. The smallest absolute Gasteiger partial charge is 0.345 e. The number of nitrogens with one attached hydrogen (secondary N) is 1. The number of aromatic nitrogens is 2. The molecule has 0 saturated carbocycles. The largest absolute Gasteiger partial charge is 0.416 e. The second-order valence-electron chi connectivity index (χ2n) is 8.31. The van der Waals surface area contributed by atoms with Crippen molar-refractivity contribution >= 4 is 40.0 Å². The summed E-state index contributed by atoms with van der Waals surface area (Å²) in [6.45, 7) is 2.05. The van der Waals surface area contributed by atoms with E-state index in [0.29, 0.717) is 31.1 Å². The maximum Gasteiger partial charge on any atom is 0.416 e. The highest BCUT2D eigenvalue weighted by atomic mass is 32.2. The minimum absolute atomic E-state index is 0.114. The van der Waals surface area contributed by atoms with Gasteiger partial charge in [0, 0.05) is 54.4 Å². The highest BCUT2D eigenvalue weighted by Crippen LogP contribution is 2.35. The number of amides is 1. The van der Waals surface area contributed by atoms with Gasteiger partial charge in [0.2, 0.25) is 0 Å². The Hall–Kier alpha value is -3.57. The number of alkyl halides is 3. The molecule has 1 saturated heterocycles. The highest BCUT2D eigenvalue weighted by molar-refractivity contribution is 8.00. The third-order valence-electron chi connectivity index (χ3n) is 5.89. The molecule has 1 amide bonds. The predicted molar refractivity (Wildman–Crippen MR) is 141 cm³/mol. The first-order chi connectivity index (χ1) is 17.9. The van der Waals surface area contributed by atoms with Gasteiger partial charge in [-0.2, -0.15) is 13.2 Å². The van der Waals surface area contributed by atoms with Crippen LogP contribution in [-0.2, 0) is 6.18 Å². The maximum atomic E-state index is 13.4. The van der Waals surface area contributed by atoms with E-state index in [1.54, 1.807) is 40.8 Å². The topological polar surface area (TPSA) is 61.4 Å². The Bertz CT molecular complexity index is 1360. The molecule has 0 bridgehead atoms. The molecule has 0 spiro atoms. The predicted octanol–water partition coefficient (Wildman–Crippen LogP) is 6.31. The molecule has 2 aromatic heterocycles. The lowest BCUT2D eigenvalue weighted by Gasteiger charge is -2.35. The van der Waals surface area contributed by atoms with Gasteiger partial charge in [0.25, 0.3) is 5.91 Å². The highest BCUT2D eigenvalue weighted by Gasteiger charge is 2.32. The van der Waals surface area contributed by atoms with Gasteiger partial charge in [0.05, 0.1) is 22.5 Å². The van der Waals surface area contributed by atoms with Crippen LogP contribution in [0.2, 0.25) is 0 Å². The van der Waals surface area contributed by atoms with E-state index in [4.69, 9.17) is 4.98 Å². The molecular formula is C26H22F3N5OS2. The van der Waals surface area contributed by atoms with Gasteiger partial charge in [-0.3, -0.25) is 9.78 Å². The summed E-state index contributed by atoms with van der Waals surface area (Å²) in [6, 6.07) is 16.6. The minimum Gasteiger partial charge on any atom is -0.345 e. The molecule has 1 N–H and O–H groups in total. The number of carbonyl (C=O) groups excluding carboxylic acids is 1. The molecule has 37 heavy (non-hydrogen) atoms. The lowest BCUT2D eigenvalue weighted by molar-refractivity contribution is -0.137. The van der Waals surface area contributed by atoms with E-state index in [2.05, 4.69) is 14.6 Å². The van der Waals surface area contributed by atoms with Crippen LogP contribution in [0.1, 0.15) is 15.9 Å². The average molecular weight is 542 g/mol. The van der Waals surface area contributed by atoms with Gasteiger partial charge < -0.3 is 14.5 Å². The molecule has 0 aliphatic carbocycles. The summed E-state index contributed by atoms with van der Waals surface area (Å²) in [6.07, 6.45) is -1.32. The Labute approximate surface area is 220 Å². The van der Waals surface area contributed by atoms with Crippen LogP contribution >= 0.6 is 23.3 Å². The Morgan fingerprint density at radius 3 is 2.49 bits per heavy atom. The number of hydrogen-bond donors (Lipinski definition) is 1.